The van der Waals surface area contributed by atoms with E-state index in [1.54, 1.807) is 0 Å². The van der Waals surface area contributed by atoms with Crippen molar-refractivity contribution in [3.8, 4) is 0 Å². The highest BCUT2D eigenvalue weighted by molar-refractivity contribution is 7.91. The van der Waals surface area contributed by atoms with E-state index in [1.165, 1.54) is 35.6 Å². The summed E-state index contributed by atoms with van der Waals surface area (Å²) in [4.78, 5) is 16.3. The molecule has 0 aliphatic heterocycles. The minimum absolute atomic E-state index is 0.123. The van der Waals surface area contributed by atoms with Gasteiger partial charge in [-0.1, -0.05) is 25.4 Å². The van der Waals surface area contributed by atoms with Gasteiger partial charge in [0.1, 0.15) is 0 Å². The molecular weight excluding hydrogens is 356 g/mol. The van der Waals surface area contributed by atoms with Crippen molar-refractivity contribution in [3.63, 3.8) is 0 Å². The number of thiazole rings is 1. The number of nitrogens with one attached hydrogen (secondary N) is 1. The van der Waals surface area contributed by atoms with Crippen LogP contribution in [-0.2, 0) is 14.6 Å². The highest BCUT2D eigenvalue weighted by Gasteiger charge is 2.17. The molecule has 2 rings (SSSR count). The van der Waals surface area contributed by atoms with E-state index in [4.69, 9.17) is 11.6 Å². The summed E-state index contributed by atoms with van der Waals surface area (Å²) in [5, 5.41) is 5.47. The lowest BCUT2D eigenvalue weighted by Gasteiger charge is -2.05. The van der Waals surface area contributed by atoms with Gasteiger partial charge in [-0.15, -0.1) is 11.3 Å². The molecule has 0 saturated heterocycles. The third-order valence-electron chi connectivity index (χ3n) is 3.13. The van der Waals surface area contributed by atoms with Crippen LogP contribution < -0.4 is 5.32 Å². The van der Waals surface area contributed by atoms with E-state index in [0.29, 0.717) is 10.2 Å². The fourth-order valence-electron chi connectivity index (χ4n) is 1.78. The number of rotatable bonds is 6. The van der Waals surface area contributed by atoms with E-state index in [2.05, 4.69) is 10.3 Å². The predicted molar refractivity (Wildman–Crippen MR) is 93.0 cm³/mol. The molecule has 2 aromatic rings. The number of benzene rings is 1. The number of nitrogens with zero attached hydrogens (tertiary/aromatic N) is 1. The number of halogens is 1. The van der Waals surface area contributed by atoms with Gasteiger partial charge in [-0.3, -0.25) is 4.79 Å². The van der Waals surface area contributed by atoms with E-state index >= 15 is 0 Å². The fraction of sp³-hybridized carbons (Fsp3) is 0.333. The number of carbonyl (C=O) groups excluding carboxylic acids is 1. The molecule has 1 amide bonds. The second-order valence-electron chi connectivity index (χ2n) is 5.30. The molecule has 5 nitrogen and oxygen atoms in total. The van der Waals surface area contributed by atoms with Crippen molar-refractivity contribution in [2.24, 2.45) is 0 Å². The summed E-state index contributed by atoms with van der Waals surface area (Å²) in [5.74, 6) is -0.350. The van der Waals surface area contributed by atoms with Crippen molar-refractivity contribution in [3.05, 3.63) is 40.4 Å². The summed E-state index contributed by atoms with van der Waals surface area (Å²) in [7, 11) is -3.51. The summed E-state index contributed by atoms with van der Waals surface area (Å²) in [5.41, 5.74) is 0.902. The van der Waals surface area contributed by atoms with Crippen molar-refractivity contribution in [2.75, 3.05) is 11.1 Å². The van der Waals surface area contributed by atoms with Crippen LogP contribution in [-0.4, -0.2) is 25.1 Å². The summed E-state index contributed by atoms with van der Waals surface area (Å²) < 4.78 is 24.3. The standard InChI is InChI=1S/C15H17ClN2O3S2/c1-10(2)13-9-22-15(17-13)18-14(19)7-8-23(20,21)12-5-3-11(16)4-6-12/h3-6,9-10H,7-8H2,1-2H3,(H,17,18,19). The smallest absolute Gasteiger partial charge is 0.227 e. The Bertz CT molecular complexity index is 783. The zero-order valence-corrected chi connectivity index (χ0v) is 15.1. The van der Waals surface area contributed by atoms with Gasteiger partial charge in [0.2, 0.25) is 5.91 Å². The average Bonchev–Trinajstić information content (AvgIpc) is 2.94. The van der Waals surface area contributed by atoms with E-state index in [0.717, 1.165) is 5.69 Å². The lowest BCUT2D eigenvalue weighted by Crippen LogP contribution is -2.17. The van der Waals surface area contributed by atoms with Crippen LogP contribution in [0.3, 0.4) is 0 Å². The Hall–Kier alpha value is -1.44. The first kappa shape index (κ1) is 17.9. The second-order valence-corrected chi connectivity index (χ2v) is 8.71. The van der Waals surface area contributed by atoms with Gasteiger partial charge >= 0.3 is 0 Å². The van der Waals surface area contributed by atoms with Crippen LogP contribution in [0.15, 0.2) is 34.5 Å². The van der Waals surface area contributed by atoms with Gasteiger partial charge in [0.25, 0.3) is 0 Å². The maximum atomic E-state index is 12.2. The lowest BCUT2D eigenvalue weighted by atomic mass is 10.2. The minimum atomic E-state index is -3.51. The Kier molecular flexibility index (Phi) is 5.78. The zero-order chi connectivity index (χ0) is 17.0. The van der Waals surface area contributed by atoms with Gasteiger partial charge in [0.15, 0.2) is 15.0 Å². The van der Waals surface area contributed by atoms with Crippen molar-refractivity contribution >= 4 is 43.8 Å². The molecule has 0 atom stereocenters. The van der Waals surface area contributed by atoms with E-state index in [1.807, 2.05) is 19.2 Å². The topological polar surface area (TPSA) is 76.1 Å². The number of aromatic nitrogens is 1. The number of hydrogen-bond acceptors (Lipinski definition) is 5. The number of sulfone groups is 1. The van der Waals surface area contributed by atoms with Crippen LogP contribution in [0.25, 0.3) is 0 Å². The van der Waals surface area contributed by atoms with Gasteiger partial charge in [-0.05, 0) is 30.2 Å². The highest BCUT2D eigenvalue weighted by atomic mass is 35.5. The van der Waals surface area contributed by atoms with E-state index < -0.39 is 9.84 Å². The largest absolute Gasteiger partial charge is 0.302 e. The van der Waals surface area contributed by atoms with Gasteiger partial charge < -0.3 is 5.32 Å². The van der Waals surface area contributed by atoms with Crippen molar-refractivity contribution < 1.29 is 13.2 Å². The predicted octanol–water partition coefficient (Wildman–Crippen LogP) is 3.72. The molecule has 8 heteroatoms. The number of carbonyl (C=O) groups is 1. The summed E-state index contributed by atoms with van der Waals surface area (Å²) in [6.45, 7) is 4.03. The molecular formula is C15H17ClN2O3S2. The SMILES string of the molecule is CC(C)c1csc(NC(=O)CCS(=O)(=O)c2ccc(Cl)cc2)n1. The van der Waals surface area contributed by atoms with Gasteiger partial charge in [-0.2, -0.15) is 0 Å². The van der Waals surface area contributed by atoms with Crippen molar-refractivity contribution in [1.82, 2.24) is 4.98 Å². The molecule has 0 radical (unpaired) electrons. The van der Waals surface area contributed by atoms with Gasteiger partial charge in [0, 0.05) is 16.8 Å². The molecule has 23 heavy (non-hydrogen) atoms. The zero-order valence-electron chi connectivity index (χ0n) is 12.7. The first-order valence-corrected chi connectivity index (χ1v) is 9.92. The molecule has 0 unspecified atom stereocenters. The van der Waals surface area contributed by atoms with E-state index in [-0.39, 0.29) is 28.9 Å². The Morgan fingerprint density at radius 2 is 1.96 bits per heavy atom. The number of amides is 1. The third kappa shape index (κ3) is 5.02. The minimum Gasteiger partial charge on any atom is -0.302 e. The fourth-order valence-corrected chi connectivity index (χ4v) is 4.03. The second kappa shape index (κ2) is 7.42. The van der Waals surface area contributed by atoms with E-state index in [9.17, 15) is 13.2 Å². The maximum Gasteiger partial charge on any atom is 0.227 e. The molecule has 0 aliphatic rings. The summed E-state index contributed by atoms with van der Waals surface area (Å²) in [6, 6.07) is 5.89. The number of anilines is 1. The molecule has 0 saturated carbocycles. The normalized spacial score (nSPS) is 11.7. The highest BCUT2D eigenvalue weighted by Crippen LogP contribution is 2.22. The molecule has 1 heterocycles. The quantitative estimate of drug-likeness (QED) is 0.838. The lowest BCUT2D eigenvalue weighted by molar-refractivity contribution is -0.115. The van der Waals surface area contributed by atoms with Crippen LogP contribution in [0.4, 0.5) is 5.13 Å². The Labute approximate surface area is 144 Å². The molecule has 124 valence electrons. The van der Waals surface area contributed by atoms with Crippen LogP contribution in [0.1, 0.15) is 31.9 Å². The van der Waals surface area contributed by atoms with Crippen LogP contribution >= 0.6 is 22.9 Å². The summed E-state index contributed by atoms with van der Waals surface area (Å²) in [6.07, 6.45) is -0.123. The van der Waals surface area contributed by atoms with Gasteiger partial charge in [0.05, 0.1) is 16.3 Å². The Morgan fingerprint density at radius 1 is 1.30 bits per heavy atom. The Balaban J connectivity index is 1.94. The Morgan fingerprint density at radius 3 is 2.52 bits per heavy atom. The molecule has 0 spiro atoms. The molecule has 1 N–H and O–H groups in total. The molecule has 1 aromatic heterocycles. The third-order valence-corrected chi connectivity index (χ3v) is 5.89. The first-order valence-electron chi connectivity index (χ1n) is 7.01. The maximum absolute atomic E-state index is 12.2. The van der Waals surface area contributed by atoms with Gasteiger partial charge in [-0.25, -0.2) is 13.4 Å². The molecule has 1 aromatic carbocycles. The van der Waals surface area contributed by atoms with Crippen LogP contribution in [0.2, 0.25) is 5.02 Å². The van der Waals surface area contributed by atoms with Crippen molar-refractivity contribution in [1.29, 1.82) is 0 Å². The molecule has 0 aliphatic carbocycles. The van der Waals surface area contributed by atoms with Crippen molar-refractivity contribution in [2.45, 2.75) is 31.1 Å². The monoisotopic (exact) mass is 372 g/mol. The van der Waals surface area contributed by atoms with Crippen LogP contribution in [0.5, 0.6) is 0 Å². The van der Waals surface area contributed by atoms with Crippen LogP contribution in [0, 0.1) is 0 Å². The summed E-state index contributed by atoms with van der Waals surface area (Å²) >= 11 is 7.07. The average molecular weight is 373 g/mol. The molecule has 0 fully saturated rings. The first-order chi connectivity index (χ1) is 10.8. The number of hydrogen-bond donors (Lipinski definition) is 1. The molecule has 0 bridgehead atoms.